The molecule has 0 spiro atoms. The van der Waals surface area contributed by atoms with Crippen LogP contribution in [0, 0.1) is 0 Å². The lowest BCUT2D eigenvalue weighted by Gasteiger charge is -2.26. The predicted molar refractivity (Wildman–Crippen MR) is 79.5 cm³/mol. The van der Waals surface area contributed by atoms with Crippen LogP contribution >= 0.6 is 0 Å². The van der Waals surface area contributed by atoms with E-state index in [1.165, 1.54) is 17.0 Å². The van der Waals surface area contributed by atoms with Crippen LogP contribution in [0.4, 0.5) is 23.7 Å². The number of alkyl halides is 3. The third kappa shape index (κ3) is 3.94. The number of benzene rings is 1. The molecule has 10 heteroatoms. The second kappa shape index (κ2) is 6.77. The quantitative estimate of drug-likeness (QED) is 0.845. The first-order chi connectivity index (χ1) is 11.2. The Hall–Kier alpha value is -2.78. The molecule has 0 bridgehead atoms. The molecule has 7 nitrogen and oxygen atoms in total. The zero-order chi connectivity index (χ0) is 17.9. The number of hydrogen-bond donors (Lipinski definition) is 2. The fourth-order valence-corrected chi connectivity index (χ4v) is 2.23. The molecule has 0 aromatic heterocycles. The van der Waals surface area contributed by atoms with Crippen LogP contribution in [0.3, 0.4) is 0 Å². The fraction of sp³-hybridized carbons (Fsp3) is 0.357. The minimum atomic E-state index is -4.64. The van der Waals surface area contributed by atoms with Gasteiger partial charge in [-0.1, -0.05) is 6.07 Å². The van der Waals surface area contributed by atoms with E-state index in [-0.39, 0.29) is 36.7 Å². The van der Waals surface area contributed by atoms with Crippen molar-refractivity contribution in [2.45, 2.75) is 13.1 Å². The lowest BCUT2D eigenvalue weighted by Crippen LogP contribution is -2.35. The second-order valence-corrected chi connectivity index (χ2v) is 4.96. The van der Waals surface area contributed by atoms with Gasteiger partial charge in [0.25, 0.3) is 0 Å². The maximum absolute atomic E-state index is 13.4. The lowest BCUT2D eigenvalue weighted by atomic mass is 10.0. The summed E-state index contributed by atoms with van der Waals surface area (Å²) in [6, 6.07) is 3.55. The molecule has 0 aliphatic carbocycles. The standard InChI is InChI=1S/C14H15F3N4O3/c1-2-21(6-12(18)22)11-4-3-8(5-9(11)14(15,16)17)10-7-24-13(23)20-19-10/h3-5H,2,6-7H2,1H3,(H2,18,22)(H,20,23). The summed E-state index contributed by atoms with van der Waals surface area (Å²) in [5.41, 5.74) is 6.35. The van der Waals surface area contributed by atoms with Gasteiger partial charge in [-0.25, -0.2) is 10.2 Å². The number of primary amides is 1. The molecule has 3 N–H and O–H groups in total. The van der Waals surface area contributed by atoms with Gasteiger partial charge in [-0.15, -0.1) is 0 Å². The van der Waals surface area contributed by atoms with Crippen molar-refractivity contribution in [3.05, 3.63) is 29.3 Å². The van der Waals surface area contributed by atoms with E-state index in [2.05, 4.69) is 9.84 Å². The van der Waals surface area contributed by atoms with Crippen LogP contribution in [0.15, 0.2) is 23.3 Å². The number of cyclic esters (lactones) is 1. The largest absolute Gasteiger partial charge is 0.442 e. The number of halogens is 3. The van der Waals surface area contributed by atoms with Crippen LogP contribution in [0.25, 0.3) is 0 Å². The van der Waals surface area contributed by atoms with E-state index < -0.39 is 23.7 Å². The van der Waals surface area contributed by atoms with Crippen molar-refractivity contribution in [3.63, 3.8) is 0 Å². The Morgan fingerprint density at radius 2 is 2.17 bits per heavy atom. The summed E-state index contributed by atoms with van der Waals surface area (Å²) in [6.07, 6.45) is -5.42. The Morgan fingerprint density at radius 1 is 1.46 bits per heavy atom. The molecule has 0 saturated heterocycles. The van der Waals surface area contributed by atoms with E-state index in [4.69, 9.17) is 5.73 Å². The maximum Gasteiger partial charge on any atom is 0.428 e. The van der Waals surface area contributed by atoms with Gasteiger partial charge in [0.15, 0.2) is 0 Å². The van der Waals surface area contributed by atoms with E-state index in [0.29, 0.717) is 0 Å². The van der Waals surface area contributed by atoms with Crippen molar-refractivity contribution in [2.75, 3.05) is 24.6 Å². The van der Waals surface area contributed by atoms with Crippen LogP contribution in [0.5, 0.6) is 0 Å². The number of anilines is 1. The Balaban J connectivity index is 2.46. The highest BCUT2D eigenvalue weighted by Gasteiger charge is 2.35. The number of rotatable bonds is 5. The molecule has 0 atom stereocenters. The first kappa shape index (κ1) is 17.6. The van der Waals surface area contributed by atoms with E-state index in [1.807, 2.05) is 5.43 Å². The van der Waals surface area contributed by atoms with E-state index >= 15 is 0 Å². The molecule has 130 valence electrons. The molecule has 0 unspecified atom stereocenters. The molecular weight excluding hydrogens is 329 g/mol. The zero-order valence-corrected chi connectivity index (χ0v) is 12.7. The highest BCUT2D eigenvalue weighted by molar-refractivity contribution is 6.04. The highest BCUT2D eigenvalue weighted by atomic mass is 19.4. The molecule has 2 rings (SSSR count). The summed E-state index contributed by atoms with van der Waals surface area (Å²) < 4.78 is 44.9. The van der Waals surface area contributed by atoms with Gasteiger partial charge in [0, 0.05) is 17.8 Å². The molecule has 24 heavy (non-hydrogen) atoms. The molecule has 1 aromatic carbocycles. The minimum Gasteiger partial charge on any atom is -0.442 e. The van der Waals surface area contributed by atoms with Crippen molar-refractivity contribution < 1.29 is 27.5 Å². The van der Waals surface area contributed by atoms with Gasteiger partial charge in [-0.05, 0) is 19.1 Å². The van der Waals surface area contributed by atoms with Crippen molar-refractivity contribution in [2.24, 2.45) is 10.8 Å². The van der Waals surface area contributed by atoms with E-state index in [9.17, 15) is 22.8 Å². The summed E-state index contributed by atoms with van der Waals surface area (Å²) in [4.78, 5) is 23.2. The van der Waals surface area contributed by atoms with Crippen LogP contribution in [0.1, 0.15) is 18.1 Å². The number of ether oxygens (including phenoxy) is 1. The van der Waals surface area contributed by atoms with Crippen molar-refractivity contribution >= 4 is 23.4 Å². The fourth-order valence-electron chi connectivity index (χ4n) is 2.23. The SMILES string of the molecule is CCN(CC(N)=O)c1ccc(C2=NNC(=O)OC2)cc1C(F)(F)F. The van der Waals surface area contributed by atoms with Gasteiger partial charge >= 0.3 is 12.3 Å². The van der Waals surface area contributed by atoms with Crippen molar-refractivity contribution in [1.29, 1.82) is 0 Å². The third-order valence-electron chi connectivity index (χ3n) is 3.33. The topological polar surface area (TPSA) is 97.0 Å². The summed E-state index contributed by atoms with van der Waals surface area (Å²) in [7, 11) is 0. The summed E-state index contributed by atoms with van der Waals surface area (Å²) >= 11 is 0. The highest BCUT2D eigenvalue weighted by Crippen LogP contribution is 2.37. The normalized spacial score (nSPS) is 14.5. The van der Waals surface area contributed by atoms with E-state index in [1.54, 1.807) is 6.92 Å². The Kier molecular flexibility index (Phi) is 4.96. The monoisotopic (exact) mass is 344 g/mol. The smallest absolute Gasteiger partial charge is 0.428 e. The number of carbonyl (C=O) groups is 2. The zero-order valence-electron chi connectivity index (χ0n) is 12.7. The predicted octanol–water partition coefficient (Wildman–Crippen LogP) is 1.46. The Labute approximate surface area is 135 Å². The molecule has 0 fully saturated rings. The van der Waals surface area contributed by atoms with Gasteiger partial charge in [0.05, 0.1) is 12.1 Å². The number of likely N-dealkylation sites (N-methyl/N-ethyl adjacent to an activating group) is 1. The van der Waals surface area contributed by atoms with Crippen LogP contribution < -0.4 is 16.1 Å². The molecular formula is C14H15F3N4O3. The van der Waals surface area contributed by atoms with Gasteiger partial charge in [-0.3, -0.25) is 4.79 Å². The average Bonchev–Trinajstić information content (AvgIpc) is 2.52. The number of nitrogens with one attached hydrogen (secondary N) is 1. The second-order valence-electron chi connectivity index (χ2n) is 4.96. The van der Waals surface area contributed by atoms with Crippen LogP contribution in [-0.4, -0.2) is 37.4 Å². The summed E-state index contributed by atoms with van der Waals surface area (Å²) in [6.45, 7) is 1.22. The molecule has 0 radical (unpaired) electrons. The lowest BCUT2D eigenvalue weighted by molar-refractivity contribution is -0.137. The molecule has 2 amide bonds. The maximum atomic E-state index is 13.4. The van der Waals surface area contributed by atoms with Crippen LogP contribution in [0.2, 0.25) is 0 Å². The van der Waals surface area contributed by atoms with E-state index in [0.717, 1.165) is 6.07 Å². The number of carbonyl (C=O) groups excluding carboxylic acids is 2. The van der Waals surface area contributed by atoms with Gasteiger partial charge in [0.2, 0.25) is 5.91 Å². The molecule has 0 saturated carbocycles. The van der Waals surface area contributed by atoms with Crippen molar-refractivity contribution in [3.8, 4) is 0 Å². The Morgan fingerprint density at radius 3 is 2.67 bits per heavy atom. The van der Waals surface area contributed by atoms with Crippen molar-refractivity contribution in [1.82, 2.24) is 5.43 Å². The molecule has 1 aromatic rings. The summed E-state index contributed by atoms with van der Waals surface area (Å²) in [5.74, 6) is -0.734. The average molecular weight is 344 g/mol. The molecule has 1 aliphatic heterocycles. The molecule has 1 aliphatic rings. The number of hydrogen-bond acceptors (Lipinski definition) is 5. The Bertz CT molecular complexity index is 688. The first-order valence-corrected chi connectivity index (χ1v) is 6.96. The van der Waals surface area contributed by atoms with Gasteiger partial charge in [-0.2, -0.15) is 18.3 Å². The minimum absolute atomic E-state index is 0.154. The number of amides is 2. The van der Waals surface area contributed by atoms with Gasteiger partial charge in [0.1, 0.15) is 12.3 Å². The number of hydrazone groups is 1. The number of nitrogens with two attached hydrogens (primary N) is 1. The first-order valence-electron chi connectivity index (χ1n) is 6.96. The molecule has 1 heterocycles. The van der Waals surface area contributed by atoms with Crippen LogP contribution in [-0.2, 0) is 15.7 Å². The van der Waals surface area contributed by atoms with Gasteiger partial charge < -0.3 is 15.4 Å². The summed E-state index contributed by atoms with van der Waals surface area (Å²) in [5, 5.41) is 3.68. The third-order valence-corrected chi connectivity index (χ3v) is 3.33. The number of nitrogens with zero attached hydrogens (tertiary/aromatic N) is 2.